The van der Waals surface area contributed by atoms with Crippen LogP contribution in [0.4, 0.5) is 18.9 Å². The number of nitrogens with zero attached hydrogens (tertiary/aromatic N) is 1. The molecule has 0 radical (unpaired) electrons. The van der Waals surface area contributed by atoms with Gasteiger partial charge >= 0.3 is 6.18 Å². The molecule has 0 aliphatic carbocycles. The highest BCUT2D eigenvalue weighted by atomic mass is 19.4. The van der Waals surface area contributed by atoms with E-state index in [1.165, 1.54) is 0 Å². The Morgan fingerprint density at radius 1 is 1.38 bits per heavy atom. The van der Waals surface area contributed by atoms with Crippen molar-refractivity contribution < 1.29 is 22.7 Å². The zero-order valence-corrected chi connectivity index (χ0v) is 12.0. The number of carbonyl (C=O) groups excluding carboxylic acids is 1. The molecule has 1 aromatic rings. The van der Waals surface area contributed by atoms with E-state index in [9.17, 15) is 18.0 Å². The Kier molecular flexibility index (Phi) is 5.87. The monoisotopic (exact) mass is 304 g/mol. The van der Waals surface area contributed by atoms with Gasteiger partial charge in [-0.3, -0.25) is 4.79 Å². The van der Waals surface area contributed by atoms with E-state index < -0.39 is 24.7 Å². The molecule has 0 atom stereocenters. The SMILES string of the molecule is CC(C)N(CC(F)(F)F)C(=O)CCOc1cccc(N)c1. The van der Waals surface area contributed by atoms with Gasteiger partial charge in [0.1, 0.15) is 12.3 Å². The lowest BCUT2D eigenvalue weighted by Crippen LogP contribution is -2.43. The third kappa shape index (κ3) is 6.37. The number of nitrogens with two attached hydrogens (primary N) is 1. The number of hydrogen-bond donors (Lipinski definition) is 1. The van der Waals surface area contributed by atoms with Crippen LogP contribution in [0.25, 0.3) is 0 Å². The Balaban J connectivity index is 2.50. The first-order valence-corrected chi connectivity index (χ1v) is 6.53. The fourth-order valence-electron chi connectivity index (χ4n) is 1.76. The minimum Gasteiger partial charge on any atom is -0.493 e. The molecule has 0 fully saturated rings. The summed E-state index contributed by atoms with van der Waals surface area (Å²) in [5.74, 6) is -0.110. The summed E-state index contributed by atoms with van der Waals surface area (Å²) < 4.78 is 42.6. The minimum atomic E-state index is -4.41. The first-order chi connectivity index (χ1) is 9.69. The smallest absolute Gasteiger partial charge is 0.406 e. The van der Waals surface area contributed by atoms with Crippen molar-refractivity contribution in [2.24, 2.45) is 0 Å². The van der Waals surface area contributed by atoms with Crippen molar-refractivity contribution in [1.29, 1.82) is 0 Å². The molecule has 0 aromatic heterocycles. The summed E-state index contributed by atoms with van der Waals surface area (Å²) in [5, 5.41) is 0. The molecule has 1 rings (SSSR count). The highest BCUT2D eigenvalue weighted by molar-refractivity contribution is 5.76. The highest BCUT2D eigenvalue weighted by Gasteiger charge is 2.33. The molecule has 2 N–H and O–H groups in total. The summed E-state index contributed by atoms with van der Waals surface area (Å²) in [6, 6.07) is 6.10. The molecular weight excluding hydrogens is 285 g/mol. The number of benzene rings is 1. The lowest BCUT2D eigenvalue weighted by atomic mass is 10.2. The van der Waals surface area contributed by atoms with E-state index in [-0.39, 0.29) is 13.0 Å². The summed E-state index contributed by atoms with van der Waals surface area (Å²) in [4.78, 5) is 12.6. The van der Waals surface area contributed by atoms with E-state index in [1.54, 1.807) is 38.1 Å². The Labute approximate surface area is 121 Å². The lowest BCUT2D eigenvalue weighted by molar-refractivity contribution is -0.164. The number of halogens is 3. The number of carbonyl (C=O) groups is 1. The number of rotatable bonds is 6. The maximum Gasteiger partial charge on any atom is 0.406 e. The molecule has 21 heavy (non-hydrogen) atoms. The largest absolute Gasteiger partial charge is 0.493 e. The summed E-state index contributed by atoms with van der Waals surface area (Å²) in [6.07, 6.45) is -4.53. The van der Waals surface area contributed by atoms with Crippen LogP contribution in [-0.2, 0) is 4.79 Å². The van der Waals surface area contributed by atoms with Crippen LogP contribution in [0.2, 0.25) is 0 Å². The van der Waals surface area contributed by atoms with E-state index in [0.717, 1.165) is 4.90 Å². The van der Waals surface area contributed by atoms with E-state index in [4.69, 9.17) is 10.5 Å². The van der Waals surface area contributed by atoms with Gasteiger partial charge in [0, 0.05) is 17.8 Å². The van der Waals surface area contributed by atoms with Crippen molar-refractivity contribution in [3.63, 3.8) is 0 Å². The molecule has 1 aromatic carbocycles. The molecule has 0 heterocycles. The van der Waals surface area contributed by atoms with E-state index in [2.05, 4.69) is 0 Å². The number of alkyl halides is 3. The predicted molar refractivity (Wildman–Crippen MR) is 73.9 cm³/mol. The van der Waals surface area contributed by atoms with E-state index in [1.807, 2.05) is 0 Å². The fourth-order valence-corrected chi connectivity index (χ4v) is 1.76. The molecular formula is C14H19F3N2O2. The minimum absolute atomic E-state index is 0.00334. The van der Waals surface area contributed by atoms with Gasteiger partial charge in [0.15, 0.2) is 0 Å². The maximum absolute atomic E-state index is 12.4. The van der Waals surface area contributed by atoms with Gasteiger partial charge in [-0.25, -0.2) is 0 Å². The highest BCUT2D eigenvalue weighted by Crippen LogP contribution is 2.19. The maximum atomic E-state index is 12.4. The first-order valence-electron chi connectivity index (χ1n) is 6.53. The molecule has 0 saturated carbocycles. The van der Waals surface area contributed by atoms with Crippen LogP contribution in [0.15, 0.2) is 24.3 Å². The normalized spacial score (nSPS) is 11.5. The van der Waals surface area contributed by atoms with Gasteiger partial charge in [-0.2, -0.15) is 13.2 Å². The molecule has 118 valence electrons. The predicted octanol–water partition coefficient (Wildman–Crippen LogP) is 2.84. The van der Waals surface area contributed by atoms with Crippen LogP contribution in [0.3, 0.4) is 0 Å². The van der Waals surface area contributed by atoms with Crippen LogP contribution in [0, 0.1) is 0 Å². The van der Waals surface area contributed by atoms with Crippen molar-refractivity contribution >= 4 is 11.6 Å². The second-order valence-corrected chi connectivity index (χ2v) is 4.90. The molecule has 0 aliphatic heterocycles. The molecule has 1 amide bonds. The lowest BCUT2D eigenvalue weighted by Gasteiger charge is -2.27. The Bertz CT molecular complexity index is 476. The third-order valence-electron chi connectivity index (χ3n) is 2.74. The number of amides is 1. The fraction of sp³-hybridized carbons (Fsp3) is 0.500. The number of hydrogen-bond acceptors (Lipinski definition) is 3. The Morgan fingerprint density at radius 2 is 2.05 bits per heavy atom. The van der Waals surface area contributed by atoms with Gasteiger partial charge in [0.05, 0.1) is 13.0 Å². The van der Waals surface area contributed by atoms with Crippen LogP contribution >= 0.6 is 0 Å². The molecule has 0 unspecified atom stereocenters. The van der Waals surface area contributed by atoms with Gasteiger partial charge in [0.2, 0.25) is 5.91 Å². The molecule has 7 heteroatoms. The van der Waals surface area contributed by atoms with E-state index >= 15 is 0 Å². The van der Waals surface area contributed by atoms with Crippen molar-refractivity contribution in [3.05, 3.63) is 24.3 Å². The van der Waals surface area contributed by atoms with Gasteiger partial charge < -0.3 is 15.4 Å². The second-order valence-electron chi connectivity index (χ2n) is 4.90. The Hall–Kier alpha value is -1.92. The summed E-state index contributed by atoms with van der Waals surface area (Å²) in [7, 11) is 0. The van der Waals surface area contributed by atoms with Crippen molar-refractivity contribution in [2.45, 2.75) is 32.5 Å². The third-order valence-corrected chi connectivity index (χ3v) is 2.74. The van der Waals surface area contributed by atoms with Crippen molar-refractivity contribution in [3.8, 4) is 5.75 Å². The molecule has 0 spiro atoms. The average molecular weight is 304 g/mol. The quantitative estimate of drug-likeness (QED) is 0.822. The molecule has 4 nitrogen and oxygen atoms in total. The second kappa shape index (κ2) is 7.19. The van der Waals surface area contributed by atoms with Gasteiger partial charge in [-0.1, -0.05) is 6.07 Å². The molecule has 0 bridgehead atoms. The summed E-state index contributed by atoms with van der Waals surface area (Å²) in [6.45, 7) is 1.84. The van der Waals surface area contributed by atoms with Gasteiger partial charge in [0.25, 0.3) is 0 Å². The summed E-state index contributed by atoms with van der Waals surface area (Å²) >= 11 is 0. The number of ether oxygens (including phenoxy) is 1. The van der Waals surface area contributed by atoms with Crippen LogP contribution in [0.5, 0.6) is 5.75 Å². The molecule has 0 aliphatic rings. The van der Waals surface area contributed by atoms with E-state index in [0.29, 0.717) is 11.4 Å². The van der Waals surface area contributed by atoms with Gasteiger partial charge in [-0.05, 0) is 26.0 Å². The number of anilines is 1. The Morgan fingerprint density at radius 3 is 2.57 bits per heavy atom. The average Bonchev–Trinajstić information content (AvgIpc) is 2.34. The summed E-state index contributed by atoms with van der Waals surface area (Å²) in [5.41, 5.74) is 6.08. The molecule has 0 saturated heterocycles. The zero-order chi connectivity index (χ0) is 16.0. The van der Waals surface area contributed by atoms with Crippen LogP contribution < -0.4 is 10.5 Å². The van der Waals surface area contributed by atoms with Gasteiger partial charge in [-0.15, -0.1) is 0 Å². The van der Waals surface area contributed by atoms with Crippen LogP contribution in [0.1, 0.15) is 20.3 Å². The number of nitrogen functional groups attached to an aromatic ring is 1. The first kappa shape index (κ1) is 17.1. The zero-order valence-electron chi connectivity index (χ0n) is 12.0. The van der Waals surface area contributed by atoms with Crippen molar-refractivity contribution in [2.75, 3.05) is 18.9 Å². The van der Waals surface area contributed by atoms with Crippen LogP contribution in [-0.4, -0.2) is 36.2 Å². The standard InChI is InChI=1S/C14H19F3N2O2/c1-10(2)19(9-14(15,16)17)13(20)6-7-21-12-5-3-4-11(18)8-12/h3-5,8,10H,6-7,9,18H2,1-2H3. The topological polar surface area (TPSA) is 55.6 Å². The van der Waals surface area contributed by atoms with Crippen molar-refractivity contribution in [1.82, 2.24) is 4.90 Å².